The maximum atomic E-state index is 12.3. The summed E-state index contributed by atoms with van der Waals surface area (Å²) >= 11 is 0. The lowest BCUT2D eigenvalue weighted by Crippen LogP contribution is -2.41. The summed E-state index contributed by atoms with van der Waals surface area (Å²) in [4.78, 5) is 16.4. The second-order valence-electron chi connectivity index (χ2n) is 5.16. The lowest BCUT2D eigenvalue weighted by Gasteiger charge is -2.20. The molecule has 0 aliphatic carbocycles. The molecule has 110 valence electrons. The number of nitrogens with one attached hydrogen (secondary N) is 2. The quantitative estimate of drug-likeness (QED) is 0.836. The van der Waals surface area contributed by atoms with Crippen LogP contribution >= 0.6 is 0 Å². The third-order valence-corrected chi connectivity index (χ3v) is 3.51. The van der Waals surface area contributed by atoms with Crippen molar-refractivity contribution in [3.05, 3.63) is 24.0 Å². The van der Waals surface area contributed by atoms with Gasteiger partial charge in [0.05, 0.1) is 23.4 Å². The number of hydrogen-bond acceptors (Lipinski definition) is 4. The molecule has 1 amide bonds. The Morgan fingerprint density at radius 1 is 1.60 bits per heavy atom. The van der Waals surface area contributed by atoms with Gasteiger partial charge < -0.3 is 15.4 Å². The molecule has 1 saturated heterocycles. The van der Waals surface area contributed by atoms with Crippen LogP contribution in [0.15, 0.2) is 18.5 Å². The van der Waals surface area contributed by atoms with Crippen molar-refractivity contribution in [2.24, 2.45) is 0 Å². The minimum atomic E-state index is -0.0975. The first-order chi connectivity index (χ1) is 9.72. The number of nitrogens with zero attached hydrogens (tertiary/aromatic N) is 1. The third-order valence-electron chi connectivity index (χ3n) is 3.51. The number of hydrogen-bond donors (Lipinski definition) is 2. The van der Waals surface area contributed by atoms with Gasteiger partial charge in [-0.15, -0.1) is 0 Å². The molecule has 0 spiro atoms. The van der Waals surface area contributed by atoms with Gasteiger partial charge in [0.25, 0.3) is 5.91 Å². The van der Waals surface area contributed by atoms with E-state index in [0.29, 0.717) is 5.56 Å². The molecule has 20 heavy (non-hydrogen) atoms. The van der Waals surface area contributed by atoms with Crippen LogP contribution in [0.1, 0.15) is 43.5 Å². The molecule has 0 radical (unpaired) electrons. The molecule has 2 heterocycles. The lowest BCUT2D eigenvalue weighted by atomic mass is 10.1. The normalized spacial score (nSPS) is 19.6. The molecule has 1 aromatic rings. The minimum Gasteiger partial charge on any atom is -0.384 e. The Balaban J connectivity index is 2.00. The average Bonchev–Trinajstić information content (AvgIpc) is 2.99. The van der Waals surface area contributed by atoms with E-state index in [-0.39, 0.29) is 18.1 Å². The molecule has 1 aromatic heterocycles. The van der Waals surface area contributed by atoms with Crippen LogP contribution in [-0.2, 0) is 4.74 Å². The zero-order chi connectivity index (χ0) is 14.4. The van der Waals surface area contributed by atoms with E-state index < -0.39 is 0 Å². The second-order valence-corrected chi connectivity index (χ2v) is 5.16. The smallest absolute Gasteiger partial charge is 0.255 e. The number of ether oxygens (including phenoxy) is 1. The van der Waals surface area contributed by atoms with Crippen LogP contribution in [0.3, 0.4) is 0 Å². The van der Waals surface area contributed by atoms with E-state index in [2.05, 4.69) is 22.5 Å². The highest BCUT2D eigenvalue weighted by Crippen LogP contribution is 2.17. The van der Waals surface area contributed by atoms with E-state index in [1.54, 1.807) is 12.4 Å². The Labute approximate surface area is 120 Å². The first-order valence-electron chi connectivity index (χ1n) is 7.32. The SMILES string of the molecule is CCCNc1ccncc1C(=O)NC(C)C1CCCO1. The van der Waals surface area contributed by atoms with E-state index in [4.69, 9.17) is 4.74 Å². The van der Waals surface area contributed by atoms with Crippen molar-refractivity contribution in [1.82, 2.24) is 10.3 Å². The monoisotopic (exact) mass is 277 g/mol. The Hall–Kier alpha value is -1.62. The van der Waals surface area contributed by atoms with Crippen molar-refractivity contribution in [2.45, 2.75) is 45.3 Å². The summed E-state index contributed by atoms with van der Waals surface area (Å²) < 4.78 is 5.60. The highest BCUT2D eigenvalue weighted by atomic mass is 16.5. The van der Waals surface area contributed by atoms with Gasteiger partial charge in [-0.05, 0) is 32.3 Å². The molecule has 2 rings (SSSR count). The molecule has 1 aliphatic rings. The van der Waals surface area contributed by atoms with Crippen molar-refractivity contribution in [2.75, 3.05) is 18.5 Å². The van der Waals surface area contributed by atoms with Gasteiger partial charge in [0.2, 0.25) is 0 Å². The van der Waals surface area contributed by atoms with Gasteiger partial charge >= 0.3 is 0 Å². The van der Waals surface area contributed by atoms with E-state index in [1.165, 1.54) is 0 Å². The van der Waals surface area contributed by atoms with Gasteiger partial charge in [0.15, 0.2) is 0 Å². The highest BCUT2D eigenvalue weighted by Gasteiger charge is 2.24. The number of rotatable bonds is 6. The fourth-order valence-corrected chi connectivity index (χ4v) is 2.36. The topological polar surface area (TPSA) is 63.2 Å². The Morgan fingerprint density at radius 2 is 2.45 bits per heavy atom. The van der Waals surface area contributed by atoms with E-state index in [1.807, 2.05) is 13.0 Å². The van der Waals surface area contributed by atoms with E-state index >= 15 is 0 Å². The predicted molar refractivity (Wildman–Crippen MR) is 78.9 cm³/mol. The second kappa shape index (κ2) is 7.24. The van der Waals surface area contributed by atoms with E-state index in [9.17, 15) is 4.79 Å². The van der Waals surface area contributed by atoms with Crippen LogP contribution in [0.2, 0.25) is 0 Å². The van der Waals surface area contributed by atoms with Crippen LogP contribution in [0, 0.1) is 0 Å². The highest BCUT2D eigenvalue weighted by molar-refractivity contribution is 5.99. The number of carbonyl (C=O) groups is 1. The molecule has 1 aliphatic heterocycles. The maximum Gasteiger partial charge on any atom is 0.255 e. The Bertz CT molecular complexity index is 444. The zero-order valence-electron chi connectivity index (χ0n) is 12.2. The summed E-state index contributed by atoms with van der Waals surface area (Å²) in [6.45, 7) is 5.71. The summed E-state index contributed by atoms with van der Waals surface area (Å²) in [5.74, 6) is -0.0975. The minimum absolute atomic E-state index is 0.0178. The summed E-state index contributed by atoms with van der Waals surface area (Å²) in [5, 5.41) is 6.27. The summed E-state index contributed by atoms with van der Waals surface area (Å²) in [5.41, 5.74) is 1.42. The molecule has 5 nitrogen and oxygen atoms in total. The molecular formula is C15H23N3O2. The van der Waals surface area contributed by atoms with Gasteiger partial charge in [0.1, 0.15) is 0 Å². The first-order valence-corrected chi connectivity index (χ1v) is 7.32. The summed E-state index contributed by atoms with van der Waals surface area (Å²) in [6, 6.07) is 1.85. The van der Waals surface area contributed by atoms with Crippen molar-refractivity contribution in [3.63, 3.8) is 0 Å². The van der Waals surface area contributed by atoms with Crippen molar-refractivity contribution < 1.29 is 9.53 Å². The fraction of sp³-hybridized carbons (Fsp3) is 0.600. The number of carbonyl (C=O) groups excluding carboxylic acids is 1. The number of amides is 1. The standard InChI is InChI=1S/C15H23N3O2/c1-3-7-17-13-6-8-16-10-12(13)15(19)18-11(2)14-5-4-9-20-14/h6,8,10-11,14H,3-5,7,9H2,1-2H3,(H,16,17)(H,18,19). The molecule has 0 bridgehead atoms. The fourth-order valence-electron chi connectivity index (χ4n) is 2.36. The van der Waals surface area contributed by atoms with Crippen LogP contribution in [0.25, 0.3) is 0 Å². The molecule has 0 aromatic carbocycles. The molecule has 2 unspecified atom stereocenters. The Kier molecular flexibility index (Phi) is 5.35. The predicted octanol–water partition coefficient (Wildman–Crippen LogP) is 2.20. The summed E-state index contributed by atoms with van der Waals surface area (Å²) in [6.07, 6.45) is 6.52. The summed E-state index contributed by atoms with van der Waals surface area (Å²) in [7, 11) is 0. The largest absolute Gasteiger partial charge is 0.384 e. The molecule has 2 N–H and O–H groups in total. The third kappa shape index (κ3) is 3.70. The molecule has 5 heteroatoms. The van der Waals surface area contributed by atoms with Crippen LogP contribution in [-0.4, -0.2) is 36.2 Å². The van der Waals surface area contributed by atoms with Gasteiger partial charge in [-0.1, -0.05) is 6.92 Å². The molecular weight excluding hydrogens is 254 g/mol. The molecule has 2 atom stereocenters. The van der Waals surface area contributed by atoms with Crippen LogP contribution in [0.5, 0.6) is 0 Å². The van der Waals surface area contributed by atoms with Crippen LogP contribution < -0.4 is 10.6 Å². The van der Waals surface area contributed by atoms with Gasteiger partial charge in [-0.3, -0.25) is 9.78 Å². The van der Waals surface area contributed by atoms with Gasteiger partial charge in [-0.25, -0.2) is 0 Å². The lowest BCUT2D eigenvalue weighted by molar-refractivity contribution is 0.0712. The maximum absolute atomic E-state index is 12.3. The molecule has 0 saturated carbocycles. The van der Waals surface area contributed by atoms with Crippen molar-refractivity contribution >= 4 is 11.6 Å². The first kappa shape index (κ1) is 14.8. The molecule has 1 fully saturated rings. The average molecular weight is 277 g/mol. The Morgan fingerprint density at radius 3 is 3.15 bits per heavy atom. The van der Waals surface area contributed by atoms with E-state index in [0.717, 1.165) is 38.1 Å². The zero-order valence-corrected chi connectivity index (χ0v) is 12.2. The number of anilines is 1. The van der Waals surface area contributed by atoms with Crippen molar-refractivity contribution in [1.29, 1.82) is 0 Å². The van der Waals surface area contributed by atoms with Crippen LogP contribution in [0.4, 0.5) is 5.69 Å². The van der Waals surface area contributed by atoms with Crippen molar-refractivity contribution in [3.8, 4) is 0 Å². The number of pyridine rings is 1. The number of aromatic nitrogens is 1. The van der Waals surface area contributed by atoms with Gasteiger partial charge in [-0.2, -0.15) is 0 Å². The van der Waals surface area contributed by atoms with Gasteiger partial charge in [0, 0.05) is 25.5 Å².